The SMILES string of the molecule is CCn1cc(CCCC(=O)NC2CCCCC2C)c2ccccc21. The second kappa shape index (κ2) is 7.87. The van der Waals surface area contributed by atoms with Crippen molar-refractivity contribution in [3.8, 4) is 0 Å². The number of nitrogens with zero attached hydrogens (tertiary/aromatic N) is 1. The first-order valence-corrected chi connectivity index (χ1v) is 9.55. The third-order valence-corrected chi connectivity index (χ3v) is 5.52. The number of carbonyl (C=O) groups excluding carboxylic acids is 1. The average molecular weight is 326 g/mol. The van der Waals surface area contributed by atoms with E-state index in [9.17, 15) is 4.79 Å². The van der Waals surface area contributed by atoms with E-state index >= 15 is 0 Å². The largest absolute Gasteiger partial charge is 0.353 e. The molecule has 1 amide bonds. The van der Waals surface area contributed by atoms with Gasteiger partial charge in [0.2, 0.25) is 5.91 Å². The maximum atomic E-state index is 12.3. The summed E-state index contributed by atoms with van der Waals surface area (Å²) < 4.78 is 2.30. The van der Waals surface area contributed by atoms with Crippen molar-refractivity contribution >= 4 is 16.8 Å². The Morgan fingerprint density at radius 3 is 2.83 bits per heavy atom. The zero-order valence-electron chi connectivity index (χ0n) is 15.1. The van der Waals surface area contributed by atoms with Crippen molar-refractivity contribution in [1.29, 1.82) is 0 Å². The van der Waals surface area contributed by atoms with E-state index in [0.29, 0.717) is 18.4 Å². The van der Waals surface area contributed by atoms with Gasteiger partial charge in [-0.25, -0.2) is 0 Å². The Morgan fingerprint density at radius 2 is 2.04 bits per heavy atom. The molecule has 1 fully saturated rings. The summed E-state index contributed by atoms with van der Waals surface area (Å²) in [5, 5.41) is 4.60. The summed E-state index contributed by atoms with van der Waals surface area (Å²) in [5.74, 6) is 0.859. The lowest BCUT2D eigenvalue weighted by atomic mass is 9.86. The van der Waals surface area contributed by atoms with E-state index in [2.05, 4.69) is 54.2 Å². The molecule has 2 atom stereocenters. The van der Waals surface area contributed by atoms with Crippen LogP contribution in [0.2, 0.25) is 0 Å². The summed E-state index contributed by atoms with van der Waals surface area (Å²) >= 11 is 0. The van der Waals surface area contributed by atoms with Gasteiger partial charge < -0.3 is 9.88 Å². The van der Waals surface area contributed by atoms with Gasteiger partial charge in [-0.3, -0.25) is 4.79 Å². The lowest BCUT2D eigenvalue weighted by molar-refractivity contribution is -0.122. The van der Waals surface area contributed by atoms with Gasteiger partial charge in [0.25, 0.3) is 0 Å². The lowest BCUT2D eigenvalue weighted by Crippen LogP contribution is -2.40. The molecule has 0 aliphatic heterocycles. The van der Waals surface area contributed by atoms with Gasteiger partial charge in [-0.1, -0.05) is 38.0 Å². The molecule has 0 radical (unpaired) electrons. The van der Waals surface area contributed by atoms with Gasteiger partial charge in [-0.05, 0) is 50.2 Å². The molecule has 2 aromatic rings. The number of carbonyl (C=O) groups is 1. The van der Waals surface area contributed by atoms with Crippen LogP contribution in [-0.2, 0) is 17.8 Å². The van der Waals surface area contributed by atoms with Crippen molar-refractivity contribution in [2.45, 2.75) is 71.4 Å². The first-order valence-electron chi connectivity index (χ1n) is 9.55. The standard InChI is InChI=1S/C21H30N2O/c1-3-23-15-17(18-11-5-7-13-20(18)23)10-8-14-21(24)22-19-12-6-4-9-16(19)2/h5,7,11,13,15-16,19H,3-4,6,8-10,12,14H2,1-2H3,(H,22,24). The highest BCUT2D eigenvalue weighted by Gasteiger charge is 2.22. The van der Waals surface area contributed by atoms with Crippen LogP contribution in [0.3, 0.4) is 0 Å². The Bertz CT molecular complexity index is 688. The maximum Gasteiger partial charge on any atom is 0.220 e. The van der Waals surface area contributed by atoms with E-state index < -0.39 is 0 Å². The van der Waals surface area contributed by atoms with Gasteiger partial charge in [0.1, 0.15) is 0 Å². The fourth-order valence-corrected chi connectivity index (χ4v) is 4.03. The summed E-state index contributed by atoms with van der Waals surface area (Å²) in [6, 6.07) is 8.97. The molecule has 0 spiro atoms. The van der Waals surface area contributed by atoms with Crippen molar-refractivity contribution in [3.05, 3.63) is 36.0 Å². The summed E-state index contributed by atoms with van der Waals surface area (Å²) in [6.07, 6.45) is 9.76. The predicted octanol–water partition coefficient (Wildman–Crippen LogP) is 4.68. The Morgan fingerprint density at radius 1 is 1.25 bits per heavy atom. The predicted molar refractivity (Wildman–Crippen MR) is 100 cm³/mol. The van der Waals surface area contributed by atoms with Crippen LogP contribution in [0.1, 0.15) is 57.9 Å². The van der Waals surface area contributed by atoms with Crippen LogP contribution in [0.4, 0.5) is 0 Å². The molecule has 1 saturated carbocycles. The topological polar surface area (TPSA) is 34.0 Å². The normalized spacial score (nSPS) is 21.1. The number of hydrogen-bond donors (Lipinski definition) is 1. The second-order valence-corrected chi connectivity index (χ2v) is 7.25. The van der Waals surface area contributed by atoms with Crippen LogP contribution in [-0.4, -0.2) is 16.5 Å². The molecule has 1 aromatic carbocycles. The van der Waals surface area contributed by atoms with Gasteiger partial charge in [-0.15, -0.1) is 0 Å². The lowest BCUT2D eigenvalue weighted by Gasteiger charge is -2.29. The molecule has 3 nitrogen and oxygen atoms in total. The van der Waals surface area contributed by atoms with Crippen LogP contribution in [0, 0.1) is 5.92 Å². The number of benzene rings is 1. The van der Waals surface area contributed by atoms with E-state index in [1.807, 2.05) is 0 Å². The highest BCUT2D eigenvalue weighted by molar-refractivity contribution is 5.84. The zero-order chi connectivity index (χ0) is 16.9. The quantitative estimate of drug-likeness (QED) is 0.822. The summed E-state index contributed by atoms with van der Waals surface area (Å²) in [5.41, 5.74) is 2.67. The Kier molecular flexibility index (Phi) is 5.60. The van der Waals surface area contributed by atoms with Crippen molar-refractivity contribution in [3.63, 3.8) is 0 Å². The van der Waals surface area contributed by atoms with Gasteiger partial charge in [0, 0.05) is 36.1 Å². The molecule has 1 heterocycles. The molecule has 3 rings (SSSR count). The van der Waals surface area contributed by atoms with Crippen molar-refractivity contribution < 1.29 is 4.79 Å². The minimum atomic E-state index is 0.230. The third kappa shape index (κ3) is 3.82. The number of hydrogen-bond acceptors (Lipinski definition) is 1. The molecular weight excluding hydrogens is 296 g/mol. The van der Waals surface area contributed by atoms with E-state index in [1.54, 1.807) is 0 Å². The Labute approximate surface area is 145 Å². The molecule has 0 bridgehead atoms. The molecule has 1 N–H and O–H groups in total. The third-order valence-electron chi connectivity index (χ3n) is 5.52. The summed E-state index contributed by atoms with van der Waals surface area (Å²) in [7, 11) is 0. The second-order valence-electron chi connectivity index (χ2n) is 7.25. The maximum absolute atomic E-state index is 12.3. The van der Waals surface area contributed by atoms with Crippen molar-refractivity contribution in [2.75, 3.05) is 0 Å². The number of nitrogens with one attached hydrogen (secondary N) is 1. The van der Waals surface area contributed by atoms with E-state index in [0.717, 1.165) is 25.8 Å². The Balaban J connectivity index is 1.54. The van der Waals surface area contributed by atoms with Gasteiger partial charge in [0.05, 0.1) is 0 Å². The van der Waals surface area contributed by atoms with Crippen LogP contribution < -0.4 is 5.32 Å². The van der Waals surface area contributed by atoms with Crippen LogP contribution >= 0.6 is 0 Å². The Hall–Kier alpha value is -1.77. The number of fused-ring (bicyclic) bond motifs is 1. The van der Waals surface area contributed by atoms with E-state index in [-0.39, 0.29) is 5.91 Å². The minimum absolute atomic E-state index is 0.230. The summed E-state index contributed by atoms with van der Waals surface area (Å²) in [6.45, 7) is 5.43. The number of para-hydroxylation sites is 1. The molecule has 130 valence electrons. The molecule has 0 saturated heterocycles. The smallest absolute Gasteiger partial charge is 0.220 e. The fraction of sp³-hybridized carbons (Fsp3) is 0.571. The molecule has 24 heavy (non-hydrogen) atoms. The van der Waals surface area contributed by atoms with Crippen LogP contribution in [0.5, 0.6) is 0 Å². The average Bonchev–Trinajstić information content (AvgIpc) is 2.95. The van der Waals surface area contributed by atoms with Crippen LogP contribution in [0.15, 0.2) is 30.5 Å². The molecule has 2 unspecified atom stereocenters. The summed E-state index contributed by atoms with van der Waals surface area (Å²) in [4.78, 5) is 12.3. The number of aromatic nitrogens is 1. The monoisotopic (exact) mass is 326 g/mol. The van der Waals surface area contributed by atoms with Crippen molar-refractivity contribution in [2.24, 2.45) is 5.92 Å². The first kappa shape index (κ1) is 17.1. The molecule has 1 aliphatic rings. The minimum Gasteiger partial charge on any atom is -0.353 e. The van der Waals surface area contributed by atoms with Crippen LogP contribution in [0.25, 0.3) is 10.9 Å². The zero-order valence-corrected chi connectivity index (χ0v) is 15.1. The molecular formula is C21H30N2O. The van der Waals surface area contributed by atoms with E-state index in [1.165, 1.54) is 35.7 Å². The van der Waals surface area contributed by atoms with E-state index in [4.69, 9.17) is 0 Å². The molecule has 1 aromatic heterocycles. The van der Waals surface area contributed by atoms with Gasteiger partial charge >= 0.3 is 0 Å². The number of rotatable bonds is 6. The van der Waals surface area contributed by atoms with Gasteiger partial charge in [-0.2, -0.15) is 0 Å². The molecule has 1 aliphatic carbocycles. The highest BCUT2D eigenvalue weighted by atomic mass is 16.1. The number of amides is 1. The number of aryl methyl sites for hydroxylation is 2. The molecule has 3 heteroatoms. The highest BCUT2D eigenvalue weighted by Crippen LogP contribution is 2.25. The van der Waals surface area contributed by atoms with Crippen molar-refractivity contribution in [1.82, 2.24) is 9.88 Å². The fourth-order valence-electron chi connectivity index (χ4n) is 4.03. The van der Waals surface area contributed by atoms with Gasteiger partial charge in [0.15, 0.2) is 0 Å². The first-order chi connectivity index (χ1) is 11.7.